The van der Waals surface area contributed by atoms with E-state index in [0.717, 1.165) is 12.2 Å². The molecule has 0 saturated heterocycles. The van der Waals surface area contributed by atoms with Crippen LogP contribution in [0.15, 0.2) is 17.5 Å². The summed E-state index contributed by atoms with van der Waals surface area (Å²) in [6.07, 6.45) is 0. The third-order valence-corrected chi connectivity index (χ3v) is 5.08. The molecule has 0 aliphatic rings. The Hall–Kier alpha value is -1.17. The highest BCUT2D eigenvalue weighted by molar-refractivity contribution is 7.10. The molecule has 0 saturated carbocycles. The van der Waals surface area contributed by atoms with Gasteiger partial charge in [-0.25, -0.2) is 0 Å². The van der Waals surface area contributed by atoms with Gasteiger partial charge in [0.05, 0.1) is 11.7 Å². The van der Waals surface area contributed by atoms with Gasteiger partial charge < -0.3 is 10.2 Å². The zero-order valence-electron chi connectivity index (χ0n) is 13.8. The average Bonchev–Trinajstić information content (AvgIpc) is 2.99. The van der Waals surface area contributed by atoms with Crippen LogP contribution in [0, 0.1) is 13.8 Å². The van der Waals surface area contributed by atoms with Crippen molar-refractivity contribution in [3.05, 3.63) is 39.3 Å². The number of likely N-dealkylation sites (N-methyl/N-ethyl adjacent to an activating group) is 1. The number of nitrogens with zero attached hydrogens (tertiary/aromatic N) is 3. The summed E-state index contributed by atoms with van der Waals surface area (Å²) in [5.74, 6) is 0. The minimum Gasteiger partial charge on any atom is -0.308 e. The van der Waals surface area contributed by atoms with E-state index in [9.17, 15) is 0 Å². The molecule has 0 bridgehead atoms. The summed E-state index contributed by atoms with van der Waals surface area (Å²) in [6.45, 7) is 7.38. The molecule has 5 heteroatoms. The Morgan fingerprint density at radius 2 is 2.10 bits per heavy atom. The van der Waals surface area contributed by atoms with Crippen LogP contribution in [0.3, 0.4) is 0 Å². The molecule has 2 aromatic heterocycles. The van der Waals surface area contributed by atoms with Gasteiger partial charge in [-0.3, -0.25) is 4.68 Å². The third kappa shape index (κ3) is 3.54. The van der Waals surface area contributed by atoms with Crippen molar-refractivity contribution in [3.63, 3.8) is 0 Å². The van der Waals surface area contributed by atoms with Crippen molar-refractivity contribution < 1.29 is 0 Å². The molecule has 0 aliphatic heterocycles. The summed E-state index contributed by atoms with van der Waals surface area (Å²) in [7, 11) is 6.28. The maximum atomic E-state index is 4.51. The fourth-order valence-corrected chi connectivity index (χ4v) is 3.75. The highest BCUT2D eigenvalue weighted by Crippen LogP contribution is 2.25. The highest BCUT2D eigenvalue weighted by Gasteiger charge is 2.19. The number of hydrogen-bond donors (Lipinski definition) is 1. The summed E-state index contributed by atoms with van der Waals surface area (Å²) in [6, 6.07) is 5.04. The highest BCUT2D eigenvalue weighted by atomic mass is 32.1. The lowest BCUT2D eigenvalue weighted by molar-refractivity contribution is 0.285. The van der Waals surface area contributed by atoms with Gasteiger partial charge in [0.2, 0.25) is 0 Å². The van der Waals surface area contributed by atoms with Gasteiger partial charge in [-0.15, -0.1) is 11.3 Å². The molecule has 116 valence electrons. The van der Waals surface area contributed by atoms with Crippen molar-refractivity contribution in [1.82, 2.24) is 20.0 Å². The third-order valence-electron chi connectivity index (χ3n) is 4.11. The van der Waals surface area contributed by atoms with Gasteiger partial charge in [-0.2, -0.15) is 5.10 Å². The first-order chi connectivity index (χ1) is 9.91. The largest absolute Gasteiger partial charge is 0.308 e. The number of nitrogens with one attached hydrogen (secondary N) is 1. The van der Waals surface area contributed by atoms with Crippen LogP contribution in [0.2, 0.25) is 0 Å². The van der Waals surface area contributed by atoms with Crippen molar-refractivity contribution in [2.75, 3.05) is 20.6 Å². The number of hydrogen-bond acceptors (Lipinski definition) is 4. The van der Waals surface area contributed by atoms with Crippen molar-refractivity contribution >= 4 is 11.3 Å². The van der Waals surface area contributed by atoms with E-state index < -0.39 is 0 Å². The lowest BCUT2D eigenvalue weighted by atomic mass is 10.1. The first-order valence-corrected chi connectivity index (χ1v) is 8.23. The molecule has 2 aromatic rings. The van der Waals surface area contributed by atoms with Crippen LogP contribution in [0.4, 0.5) is 0 Å². The fraction of sp³-hybridized carbons (Fsp3) is 0.562. The van der Waals surface area contributed by atoms with E-state index in [2.05, 4.69) is 67.7 Å². The number of aryl methyl sites for hydroxylation is 2. The predicted molar refractivity (Wildman–Crippen MR) is 89.8 cm³/mol. The molecular weight excluding hydrogens is 280 g/mol. The minimum atomic E-state index is 0.307. The quantitative estimate of drug-likeness (QED) is 0.890. The predicted octanol–water partition coefficient (Wildman–Crippen LogP) is 3.05. The molecule has 0 fully saturated rings. The maximum Gasteiger partial charge on any atom is 0.0644 e. The number of thiophene rings is 1. The maximum absolute atomic E-state index is 4.51. The molecular formula is C16H26N4S. The molecule has 1 N–H and O–H groups in total. The smallest absolute Gasteiger partial charge is 0.0644 e. The van der Waals surface area contributed by atoms with E-state index in [1.165, 1.54) is 16.1 Å². The van der Waals surface area contributed by atoms with Gasteiger partial charge in [0, 0.05) is 35.8 Å². The molecule has 2 heterocycles. The van der Waals surface area contributed by atoms with Crippen LogP contribution >= 0.6 is 11.3 Å². The molecule has 2 rings (SSSR count). The first-order valence-electron chi connectivity index (χ1n) is 7.35. The Balaban J connectivity index is 2.07. The lowest BCUT2D eigenvalue weighted by Gasteiger charge is -2.26. The minimum absolute atomic E-state index is 0.307. The number of rotatable bonds is 6. The van der Waals surface area contributed by atoms with Gasteiger partial charge in [-0.1, -0.05) is 6.07 Å². The normalized spacial score (nSPS) is 14.6. The lowest BCUT2D eigenvalue weighted by Crippen LogP contribution is -2.32. The Labute approximate surface area is 131 Å². The molecule has 2 atom stereocenters. The summed E-state index contributed by atoms with van der Waals surface area (Å²) in [4.78, 5) is 3.67. The SMILES string of the molecule is Cc1nn(C)c(C)c1C(C)NCC(c1cccs1)N(C)C. The van der Waals surface area contributed by atoms with Crippen molar-refractivity contribution in [1.29, 1.82) is 0 Å². The van der Waals surface area contributed by atoms with E-state index in [1.54, 1.807) is 0 Å². The zero-order chi connectivity index (χ0) is 15.6. The molecule has 0 aromatic carbocycles. The second-order valence-electron chi connectivity index (χ2n) is 5.83. The van der Waals surface area contributed by atoms with Crippen LogP contribution in [0.1, 0.15) is 40.8 Å². The molecule has 21 heavy (non-hydrogen) atoms. The average molecular weight is 306 g/mol. The molecule has 4 nitrogen and oxygen atoms in total. The zero-order valence-corrected chi connectivity index (χ0v) is 14.7. The summed E-state index contributed by atoms with van der Waals surface area (Å²) in [5, 5.41) is 10.3. The van der Waals surface area contributed by atoms with Crippen molar-refractivity contribution in [2.45, 2.75) is 32.9 Å². The van der Waals surface area contributed by atoms with Crippen LogP contribution in [-0.2, 0) is 7.05 Å². The fourth-order valence-electron chi connectivity index (χ4n) is 2.83. The summed E-state index contributed by atoms with van der Waals surface area (Å²) in [5.41, 5.74) is 3.68. The second kappa shape index (κ2) is 6.73. The Bertz CT molecular complexity index is 571. The summed E-state index contributed by atoms with van der Waals surface area (Å²) < 4.78 is 1.96. The van der Waals surface area contributed by atoms with E-state index in [0.29, 0.717) is 12.1 Å². The topological polar surface area (TPSA) is 33.1 Å². The molecule has 0 spiro atoms. The van der Waals surface area contributed by atoms with Crippen molar-refractivity contribution in [3.8, 4) is 0 Å². The molecule has 0 aliphatic carbocycles. The van der Waals surface area contributed by atoms with Gasteiger partial charge >= 0.3 is 0 Å². The monoisotopic (exact) mass is 306 g/mol. The van der Waals surface area contributed by atoms with Crippen LogP contribution in [0.5, 0.6) is 0 Å². The van der Waals surface area contributed by atoms with E-state index in [-0.39, 0.29) is 0 Å². The first kappa shape index (κ1) is 16.2. The Morgan fingerprint density at radius 1 is 1.38 bits per heavy atom. The Morgan fingerprint density at radius 3 is 2.57 bits per heavy atom. The van der Waals surface area contributed by atoms with Gasteiger partial charge in [0.1, 0.15) is 0 Å². The van der Waals surface area contributed by atoms with Gasteiger partial charge in [0.25, 0.3) is 0 Å². The standard InChI is InChI=1S/C16H26N4S/c1-11(16-12(2)18-20(6)13(16)3)17-10-14(19(4)5)15-8-7-9-21-15/h7-9,11,14,17H,10H2,1-6H3. The molecule has 0 amide bonds. The Kier molecular flexibility index (Phi) is 5.19. The molecule has 2 unspecified atom stereocenters. The van der Waals surface area contributed by atoms with Gasteiger partial charge in [-0.05, 0) is 46.3 Å². The van der Waals surface area contributed by atoms with Crippen molar-refractivity contribution in [2.24, 2.45) is 7.05 Å². The summed E-state index contributed by atoms with van der Waals surface area (Å²) >= 11 is 1.82. The van der Waals surface area contributed by atoms with E-state index in [4.69, 9.17) is 0 Å². The van der Waals surface area contributed by atoms with E-state index >= 15 is 0 Å². The van der Waals surface area contributed by atoms with Crippen LogP contribution < -0.4 is 5.32 Å². The van der Waals surface area contributed by atoms with E-state index in [1.807, 2.05) is 23.1 Å². The molecule has 0 radical (unpaired) electrons. The van der Waals surface area contributed by atoms with Crippen LogP contribution in [-0.4, -0.2) is 35.3 Å². The van der Waals surface area contributed by atoms with Gasteiger partial charge in [0.15, 0.2) is 0 Å². The number of aromatic nitrogens is 2. The van der Waals surface area contributed by atoms with Crippen LogP contribution in [0.25, 0.3) is 0 Å². The second-order valence-corrected chi connectivity index (χ2v) is 6.81.